The Morgan fingerprint density at radius 2 is 1.83 bits per heavy atom. The molecule has 0 spiro atoms. The zero-order valence-electron chi connectivity index (χ0n) is 9.14. The molecule has 72 valence electrons. The predicted molar refractivity (Wildman–Crippen MR) is 54.0 cm³/mol. The third-order valence-corrected chi connectivity index (χ3v) is 3.26. The summed E-state index contributed by atoms with van der Waals surface area (Å²) < 4.78 is 1.24. The van der Waals surface area contributed by atoms with Crippen LogP contribution in [-0.2, 0) is 0 Å². The van der Waals surface area contributed by atoms with E-state index in [1.165, 1.54) is 36.8 Å². The molecule has 1 saturated heterocycles. The van der Waals surface area contributed by atoms with Crippen molar-refractivity contribution in [3.05, 3.63) is 0 Å². The zero-order chi connectivity index (χ0) is 9.19. The first-order valence-electron chi connectivity index (χ1n) is 5.33. The van der Waals surface area contributed by atoms with Gasteiger partial charge in [-0.1, -0.05) is 13.8 Å². The fourth-order valence-electron chi connectivity index (χ4n) is 2.31. The molecule has 0 saturated carbocycles. The van der Waals surface area contributed by atoms with Crippen LogP contribution in [0.5, 0.6) is 0 Å². The van der Waals surface area contributed by atoms with Crippen LogP contribution < -0.4 is 0 Å². The predicted octanol–water partition coefficient (Wildman–Crippen LogP) is 2.52. The Kier molecular flexibility index (Phi) is 3.16. The molecule has 1 fully saturated rings. The van der Waals surface area contributed by atoms with Gasteiger partial charge in [0.15, 0.2) is 0 Å². The number of hydrogen-bond acceptors (Lipinski definition) is 0. The molecule has 0 aromatic rings. The average molecular weight is 170 g/mol. The van der Waals surface area contributed by atoms with Gasteiger partial charge in [0, 0.05) is 5.92 Å². The molecule has 1 nitrogen and oxygen atoms in total. The van der Waals surface area contributed by atoms with E-state index in [1.54, 1.807) is 0 Å². The van der Waals surface area contributed by atoms with E-state index < -0.39 is 0 Å². The van der Waals surface area contributed by atoms with E-state index in [2.05, 4.69) is 27.9 Å². The van der Waals surface area contributed by atoms with Gasteiger partial charge in [-0.05, 0) is 25.2 Å². The molecule has 0 bridgehead atoms. The van der Waals surface area contributed by atoms with Gasteiger partial charge >= 0.3 is 0 Å². The third-order valence-electron chi connectivity index (χ3n) is 3.26. The summed E-state index contributed by atoms with van der Waals surface area (Å²) in [6.45, 7) is 7.51. The molecule has 0 radical (unpaired) electrons. The number of likely N-dealkylation sites (tertiary alicyclic amines) is 1. The highest BCUT2D eigenvalue weighted by Crippen LogP contribution is 2.25. The Bertz CT molecular complexity index is 138. The van der Waals surface area contributed by atoms with Crippen LogP contribution >= 0.6 is 0 Å². The van der Waals surface area contributed by atoms with Gasteiger partial charge in [0.05, 0.1) is 27.2 Å². The van der Waals surface area contributed by atoms with Crippen molar-refractivity contribution in [2.24, 2.45) is 11.8 Å². The fourth-order valence-corrected chi connectivity index (χ4v) is 2.31. The maximum atomic E-state index is 2.38. The first-order chi connectivity index (χ1) is 5.51. The molecule has 1 aliphatic rings. The minimum Gasteiger partial charge on any atom is -0.328 e. The van der Waals surface area contributed by atoms with Crippen molar-refractivity contribution >= 4 is 0 Å². The lowest BCUT2D eigenvalue weighted by Gasteiger charge is -2.32. The van der Waals surface area contributed by atoms with Gasteiger partial charge in [-0.2, -0.15) is 0 Å². The van der Waals surface area contributed by atoms with Crippen molar-refractivity contribution in [3.63, 3.8) is 0 Å². The van der Waals surface area contributed by atoms with E-state index in [0.29, 0.717) is 0 Å². The third kappa shape index (κ3) is 2.78. The van der Waals surface area contributed by atoms with E-state index in [1.807, 2.05) is 0 Å². The van der Waals surface area contributed by atoms with E-state index >= 15 is 0 Å². The molecular weight excluding hydrogens is 146 g/mol. The lowest BCUT2D eigenvalue weighted by molar-refractivity contribution is -0.892. The van der Waals surface area contributed by atoms with Crippen LogP contribution in [-0.4, -0.2) is 31.7 Å². The van der Waals surface area contributed by atoms with E-state index in [-0.39, 0.29) is 0 Å². The first kappa shape index (κ1) is 10.0. The second-order valence-electron chi connectivity index (χ2n) is 5.34. The lowest BCUT2D eigenvalue weighted by Crippen LogP contribution is -2.43. The van der Waals surface area contributed by atoms with Crippen molar-refractivity contribution in [1.29, 1.82) is 0 Å². The van der Waals surface area contributed by atoms with Gasteiger partial charge in [0.1, 0.15) is 0 Å². The summed E-state index contributed by atoms with van der Waals surface area (Å²) in [5.74, 6) is 1.84. The summed E-state index contributed by atoms with van der Waals surface area (Å²) in [5, 5.41) is 0. The van der Waals surface area contributed by atoms with Crippen LogP contribution in [0.1, 0.15) is 33.1 Å². The second kappa shape index (κ2) is 3.78. The van der Waals surface area contributed by atoms with Crippen molar-refractivity contribution in [1.82, 2.24) is 0 Å². The number of nitrogens with zero attached hydrogens (tertiary/aromatic N) is 1. The van der Waals surface area contributed by atoms with Gasteiger partial charge in [0.2, 0.25) is 0 Å². The maximum Gasteiger partial charge on any atom is 0.0813 e. The monoisotopic (exact) mass is 170 g/mol. The summed E-state index contributed by atoms with van der Waals surface area (Å²) >= 11 is 0. The van der Waals surface area contributed by atoms with Gasteiger partial charge < -0.3 is 4.48 Å². The van der Waals surface area contributed by atoms with E-state index in [9.17, 15) is 0 Å². The van der Waals surface area contributed by atoms with Crippen molar-refractivity contribution in [2.75, 3.05) is 27.2 Å². The lowest BCUT2D eigenvalue weighted by atomic mass is 9.91. The van der Waals surface area contributed by atoms with Crippen LogP contribution in [0.25, 0.3) is 0 Å². The fraction of sp³-hybridized carbons (Fsp3) is 1.00. The van der Waals surface area contributed by atoms with Gasteiger partial charge in [-0.3, -0.25) is 0 Å². The first-order valence-corrected chi connectivity index (χ1v) is 5.33. The average Bonchev–Trinajstić information content (AvgIpc) is 2.10. The molecule has 1 rings (SSSR count). The molecule has 1 heteroatoms. The standard InChI is InChI=1S/C11H24N/c1-10(2)11-7-5-6-8-12(3,4)9-11/h10-11H,5-9H2,1-4H3/q+1. The highest BCUT2D eigenvalue weighted by atomic mass is 15.3. The smallest absolute Gasteiger partial charge is 0.0813 e. The molecule has 0 aromatic carbocycles. The molecule has 1 heterocycles. The molecule has 0 aromatic heterocycles. The number of quaternary nitrogens is 1. The zero-order valence-corrected chi connectivity index (χ0v) is 9.14. The normalized spacial score (nSPS) is 30.2. The van der Waals surface area contributed by atoms with Crippen LogP contribution in [0.3, 0.4) is 0 Å². The summed E-state index contributed by atoms with van der Waals surface area (Å²) in [6, 6.07) is 0. The highest BCUT2D eigenvalue weighted by molar-refractivity contribution is 4.65. The largest absolute Gasteiger partial charge is 0.328 e. The van der Waals surface area contributed by atoms with E-state index in [4.69, 9.17) is 0 Å². The van der Waals surface area contributed by atoms with Crippen molar-refractivity contribution in [3.8, 4) is 0 Å². The van der Waals surface area contributed by atoms with Crippen LogP contribution in [0.15, 0.2) is 0 Å². The second-order valence-corrected chi connectivity index (χ2v) is 5.34. The molecule has 0 amide bonds. The molecule has 12 heavy (non-hydrogen) atoms. The molecule has 0 aliphatic carbocycles. The summed E-state index contributed by atoms with van der Waals surface area (Å²) in [6.07, 6.45) is 4.33. The highest BCUT2D eigenvalue weighted by Gasteiger charge is 2.26. The molecule has 1 unspecified atom stereocenters. The Labute approximate surface area is 77.4 Å². The van der Waals surface area contributed by atoms with Crippen molar-refractivity contribution < 1.29 is 4.48 Å². The van der Waals surface area contributed by atoms with Crippen LogP contribution in [0.4, 0.5) is 0 Å². The van der Waals surface area contributed by atoms with Gasteiger partial charge in [-0.15, -0.1) is 0 Å². The molecule has 0 N–H and O–H groups in total. The van der Waals surface area contributed by atoms with E-state index in [0.717, 1.165) is 11.8 Å². The Morgan fingerprint density at radius 3 is 2.42 bits per heavy atom. The summed E-state index contributed by atoms with van der Waals surface area (Å²) in [4.78, 5) is 0. The minimum atomic E-state index is 0.875. The Balaban J connectivity index is 2.54. The minimum absolute atomic E-state index is 0.875. The molecule has 1 aliphatic heterocycles. The number of rotatable bonds is 1. The number of hydrogen-bond donors (Lipinski definition) is 0. The summed E-state index contributed by atoms with van der Waals surface area (Å²) in [5.41, 5.74) is 0. The van der Waals surface area contributed by atoms with Crippen LogP contribution in [0, 0.1) is 11.8 Å². The quantitative estimate of drug-likeness (QED) is 0.530. The molecular formula is C11H24N+. The topological polar surface area (TPSA) is 0 Å². The molecule has 1 atom stereocenters. The van der Waals surface area contributed by atoms with Gasteiger partial charge in [0.25, 0.3) is 0 Å². The van der Waals surface area contributed by atoms with Crippen molar-refractivity contribution in [2.45, 2.75) is 33.1 Å². The van der Waals surface area contributed by atoms with Gasteiger partial charge in [-0.25, -0.2) is 0 Å². The SMILES string of the molecule is CC(C)C1CCCC[N+](C)(C)C1. The Morgan fingerprint density at radius 1 is 1.17 bits per heavy atom. The Hall–Kier alpha value is -0.0400. The maximum absolute atomic E-state index is 2.38. The van der Waals surface area contributed by atoms with Crippen LogP contribution in [0.2, 0.25) is 0 Å². The summed E-state index contributed by atoms with van der Waals surface area (Å²) in [7, 11) is 4.75.